The number of benzene rings is 1. The van der Waals surface area contributed by atoms with E-state index in [0.29, 0.717) is 18.5 Å². The number of sulfonamides is 1. The highest BCUT2D eigenvalue weighted by molar-refractivity contribution is 7.89. The number of rotatable bonds is 5. The molecule has 1 aromatic rings. The molecule has 2 N–H and O–H groups in total. The third-order valence-electron chi connectivity index (χ3n) is 2.32. The molecule has 0 fully saturated rings. The summed E-state index contributed by atoms with van der Waals surface area (Å²) in [6, 6.07) is 6.60. The van der Waals surface area contributed by atoms with Crippen LogP contribution in [-0.4, -0.2) is 26.7 Å². The van der Waals surface area contributed by atoms with Gasteiger partial charge in [0.25, 0.3) is 0 Å². The Morgan fingerprint density at radius 2 is 2.00 bits per heavy atom. The van der Waals surface area contributed by atoms with Crippen molar-refractivity contribution in [3.63, 3.8) is 0 Å². The summed E-state index contributed by atoms with van der Waals surface area (Å²) in [5, 5.41) is 8.69. The molecule has 0 bridgehead atoms. The number of nitrogens with one attached hydrogen (secondary N) is 1. The van der Waals surface area contributed by atoms with E-state index in [1.807, 2.05) is 13.8 Å². The molecule has 104 valence electrons. The van der Waals surface area contributed by atoms with Gasteiger partial charge in [0.05, 0.1) is 11.5 Å². The van der Waals surface area contributed by atoms with E-state index in [0.717, 1.165) is 0 Å². The van der Waals surface area contributed by atoms with Crippen LogP contribution >= 0.6 is 0 Å². The van der Waals surface area contributed by atoms with Gasteiger partial charge in [-0.2, -0.15) is 0 Å². The van der Waals surface area contributed by atoms with Crippen LogP contribution in [-0.2, 0) is 10.0 Å². The van der Waals surface area contributed by atoms with Gasteiger partial charge in [-0.3, -0.25) is 0 Å². The average molecular weight is 281 g/mol. The molecule has 4 nitrogen and oxygen atoms in total. The van der Waals surface area contributed by atoms with Crippen molar-refractivity contribution in [3.8, 4) is 11.8 Å². The Balaban J connectivity index is 3.03. The van der Waals surface area contributed by atoms with Crippen LogP contribution in [0, 0.1) is 17.8 Å². The second kappa shape index (κ2) is 7.29. The van der Waals surface area contributed by atoms with E-state index in [2.05, 4.69) is 16.6 Å². The predicted molar refractivity (Wildman–Crippen MR) is 75.0 cm³/mol. The van der Waals surface area contributed by atoms with Crippen molar-refractivity contribution in [2.45, 2.75) is 25.2 Å². The summed E-state index contributed by atoms with van der Waals surface area (Å²) in [7, 11) is -3.54. The summed E-state index contributed by atoms with van der Waals surface area (Å²) < 4.78 is 26.9. The van der Waals surface area contributed by atoms with Crippen LogP contribution in [0.4, 0.5) is 0 Å². The molecular weight excluding hydrogens is 262 g/mol. The first-order valence-electron chi connectivity index (χ1n) is 6.16. The lowest BCUT2D eigenvalue weighted by Crippen LogP contribution is -2.28. The molecule has 0 heterocycles. The first-order valence-corrected chi connectivity index (χ1v) is 7.64. The Kier molecular flexibility index (Phi) is 6.03. The summed E-state index contributed by atoms with van der Waals surface area (Å²) in [6.45, 7) is 4.24. The van der Waals surface area contributed by atoms with Crippen LogP contribution in [0.15, 0.2) is 29.2 Å². The quantitative estimate of drug-likeness (QED) is 0.801. The maximum absolute atomic E-state index is 12.2. The Hall–Kier alpha value is -1.35. The maximum Gasteiger partial charge on any atom is 0.241 e. The van der Waals surface area contributed by atoms with Gasteiger partial charge in [0, 0.05) is 18.5 Å². The van der Waals surface area contributed by atoms with Crippen LogP contribution in [0.5, 0.6) is 0 Å². The van der Waals surface area contributed by atoms with Crippen LogP contribution in [0.1, 0.15) is 25.8 Å². The van der Waals surface area contributed by atoms with Gasteiger partial charge in [-0.1, -0.05) is 37.8 Å². The number of hydrogen-bond donors (Lipinski definition) is 2. The molecule has 0 aromatic heterocycles. The zero-order valence-corrected chi connectivity index (χ0v) is 12.0. The smallest absolute Gasteiger partial charge is 0.241 e. The summed E-state index contributed by atoms with van der Waals surface area (Å²) in [5.41, 5.74) is 0.451. The third kappa shape index (κ3) is 5.03. The molecule has 0 aliphatic carbocycles. The fourth-order valence-corrected chi connectivity index (χ4v) is 2.75. The molecule has 19 heavy (non-hydrogen) atoms. The van der Waals surface area contributed by atoms with Crippen LogP contribution < -0.4 is 4.72 Å². The zero-order chi connectivity index (χ0) is 14.3. The van der Waals surface area contributed by atoms with Gasteiger partial charge in [-0.25, -0.2) is 13.1 Å². The molecule has 0 amide bonds. The lowest BCUT2D eigenvalue weighted by Gasteiger charge is -2.10. The zero-order valence-electron chi connectivity index (χ0n) is 11.2. The third-order valence-corrected chi connectivity index (χ3v) is 3.80. The molecule has 5 heteroatoms. The average Bonchev–Trinajstić information content (AvgIpc) is 2.37. The molecule has 0 saturated carbocycles. The standard InChI is InChI=1S/C14H19NO3S/c1-12(2)11-15-19(17,18)14-9-4-3-7-13(14)8-5-6-10-16/h3-4,7,9,12,15-16H,6,10-11H2,1-2H3. The second-order valence-electron chi connectivity index (χ2n) is 4.52. The molecule has 0 radical (unpaired) electrons. The summed E-state index contributed by atoms with van der Waals surface area (Å²) in [4.78, 5) is 0.182. The van der Waals surface area contributed by atoms with Crippen molar-refractivity contribution < 1.29 is 13.5 Å². The second-order valence-corrected chi connectivity index (χ2v) is 6.25. The highest BCUT2D eigenvalue weighted by Crippen LogP contribution is 2.14. The normalized spacial score (nSPS) is 11.2. The van der Waals surface area contributed by atoms with E-state index in [1.165, 1.54) is 6.07 Å². The molecule has 0 saturated heterocycles. The van der Waals surface area contributed by atoms with Crippen LogP contribution in [0.2, 0.25) is 0 Å². The molecule has 1 rings (SSSR count). The van der Waals surface area contributed by atoms with E-state index >= 15 is 0 Å². The molecule has 0 spiro atoms. The van der Waals surface area contributed by atoms with Gasteiger partial charge >= 0.3 is 0 Å². The Bertz CT molecular complexity index is 568. The van der Waals surface area contributed by atoms with Gasteiger partial charge in [-0.15, -0.1) is 0 Å². The van der Waals surface area contributed by atoms with E-state index < -0.39 is 10.0 Å². The van der Waals surface area contributed by atoms with Gasteiger partial charge in [-0.05, 0) is 18.1 Å². The number of aliphatic hydroxyl groups is 1. The van der Waals surface area contributed by atoms with Crippen LogP contribution in [0.25, 0.3) is 0 Å². The van der Waals surface area contributed by atoms with Gasteiger partial charge < -0.3 is 5.11 Å². The molecule has 0 aliphatic rings. The number of aliphatic hydroxyl groups excluding tert-OH is 1. The fraction of sp³-hybridized carbons (Fsp3) is 0.429. The molecular formula is C14H19NO3S. The Morgan fingerprint density at radius 3 is 2.63 bits per heavy atom. The van der Waals surface area contributed by atoms with Crippen LogP contribution in [0.3, 0.4) is 0 Å². The van der Waals surface area contributed by atoms with Crippen molar-refractivity contribution in [1.29, 1.82) is 0 Å². The topological polar surface area (TPSA) is 66.4 Å². The summed E-state index contributed by atoms with van der Waals surface area (Å²) >= 11 is 0. The SMILES string of the molecule is CC(C)CNS(=O)(=O)c1ccccc1C#CCCO. The summed E-state index contributed by atoms with van der Waals surface area (Å²) in [5.74, 6) is 5.75. The first kappa shape index (κ1) is 15.7. The monoisotopic (exact) mass is 281 g/mol. The largest absolute Gasteiger partial charge is 0.395 e. The molecule has 0 unspecified atom stereocenters. The van der Waals surface area contributed by atoms with Crippen molar-refractivity contribution in [3.05, 3.63) is 29.8 Å². The Labute approximate surface area is 114 Å². The summed E-state index contributed by atoms with van der Waals surface area (Å²) in [6.07, 6.45) is 0.327. The molecule has 1 aromatic carbocycles. The van der Waals surface area contributed by atoms with Crippen molar-refractivity contribution in [2.75, 3.05) is 13.2 Å². The highest BCUT2D eigenvalue weighted by Gasteiger charge is 2.17. The van der Waals surface area contributed by atoms with Gasteiger partial charge in [0.1, 0.15) is 0 Å². The minimum Gasteiger partial charge on any atom is -0.395 e. The van der Waals surface area contributed by atoms with Gasteiger partial charge in [0.15, 0.2) is 0 Å². The Morgan fingerprint density at radius 1 is 1.32 bits per heavy atom. The lowest BCUT2D eigenvalue weighted by molar-refractivity contribution is 0.305. The minimum atomic E-state index is -3.54. The predicted octanol–water partition coefficient (Wildman–Crippen LogP) is 1.35. The van der Waals surface area contributed by atoms with Crippen molar-refractivity contribution in [2.24, 2.45) is 5.92 Å². The van der Waals surface area contributed by atoms with E-state index in [4.69, 9.17) is 5.11 Å². The van der Waals surface area contributed by atoms with E-state index in [-0.39, 0.29) is 17.4 Å². The van der Waals surface area contributed by atoms with Crippen molar-refractivity contribution in [1.82, 2.24) is 4.72 Å². The van der Waals surface area contributed by atoms with Gasteiger partial charge in [0.2, 0.25) is 10.0 Å². The molecule has 0 aliphatic heterocycles. The minimum absolute atomic E-state index is 0.0342. The van der Waals surface area contributed by atoms with Crippen molar-refractivity contribution >= 4 is 10.0 Å². The first-order chi connectivity index (χ1) is 8.97. The fourth-order valence-electron chi connectivity index (χ4n) is 1.37. The number of hydrogen-bond acceptors (Lipinski definition) is 3. The van der Waals surface area contributed by atoms with E-state index in [9.17, 15) is 8.42 Å². The van der Waals surface area contributed by atoms with E-state index in [1.54, 1.807) is 18.2 Å². The molecule has 0 atom stereocenters. The maximum atomic E-state index is 12.2. The highest BCUT2D eigenvalue weighted by atomic mass is 32.2. The lowest BCUT2D eigenvalue weighted by atomic mass is 10.2.